The van der Waals surface area contributed by atoms with Crippen molar-refractivity contribution in [2.24, 2.45) is 0 Å². The number of hydrogen-bond acceptors (Lipinski definition) is 6. The lowest BCUT2D eigenvalue weighted by Crippen LogP contribution is -2.50. The van der Waals surface area contributed by atoms with Crippen molar-refractivity contribution in [2.75, 3.05) is 13.7 Å². The average molecular weight is 431 g/mol. The van der Waals surface area contributed by atoms with Crippen LogP contribution in [0.2, 0.25) is 0 Å². The first kappa shape index (κ1) is 23.9. The van der Waals surface area contributed by atoms with E-state index in [1.54, 1.807) is 7.11 Å². The summed E-state index contributed by atoms with van der Waals surface area (Å²) in [6.45, 7) is 8.41. The maximum absolute atomic E-state index is 6.26. The maximum atomic E-state index is 6.26. The first-order chi connectivity index (χ1) is 15.3. The highest BCUT2D eigenvalue weighted by Crippen LogP contribution is 2.45. The summed E-state index contributed by atoms with van der Waals surface area (Å²) in [7, 11) is 1.65. The summed E-state index contributed by atoms with van der Waals surface area (Å²) in [5, 5.41) is 0. The Morgan fingerprint density at radius 1 is 0.613 bits per heavy atom. The van der Waals surface area contributed by atoms with Crippen LogP contribution in [0, 0.1) is 0 Å². The van der Waals surface area contributed by atoms with Crippen LogP contribution in [0.5, 0.6) is 0 Å². The number of fused-ring (bicyclic) bond motifs is 3. The van der Waals surface area contributed by atoms with Gasteiger partial charge in [0.25, 0.3) is 0 Å². The van der Waals surface area contributed by atoms with Gasteiger partial charge in [0.15, 0.2) is 18.9 Å². The summed E-state index contributed by atoms with van der Waals surface area (Å²) in [6.07, 6.45) is -2.58. The second-order valence-corrected chi connectivity index (χ2v) is 6.92. The number of benzene rings is 2. The Hall–Kier alpha value is -1.80. The van der Waals surface area contributed by atoms with Gasteiger partial charge in [-0.15, -0.1) is 0 Å². The van der Waals surface area contributed by atoms with Crippen LogP contribution in [0.15, 0.2) is 60.7 Å². The van der Waals surface area contributed by atoms with E-state index in [1.807, 2.05) is 88.4 Å². The van der Waals surface area contributed by atoms with E-state index in [2.05, 4.69) is 0 Å². The largest absolute Gasteiger partial charge is 0.382 e. The molecule has 7 atom stereocenters. The summed E-state index contributed by atoms with van der Waals surface area (Å²) in [4.78, 5) is 0. The molecule has 0 saturated carbocycles. The topological polar surface area (TPSA) is 55.4 Å². The van der Waals surface area contributed by atoms with Crippen molar-refractivity contribution in [2.45, 2.75) is 71.0 Å². The molecule has 2 aromatic carbocycles. The van der Waals surface area contributed by atoms with Gasteiger partial charge >= 0.3 is 0 Å². The zero-order chi connectivity index (χ0) is 22.2. The second kappa shape index (κ2) is 11.7. The third-order valence-electron chi connectivity index (χ3n) is 5.17. The first-order valence-corrected chi connectivity index (χ1v) is 11.2. The van der Waals surface area contributed by atoms with Crippen molar-refractivity contribution in [1.82, 2.24) is 0 Å². The van der Waals surface area contributed by atoms with E-state index in [4.69, 9.17) is 28.4 Å². The molecule has 0 aromatic heterocycles. The van der Waals surface area contributed by atoms with Crippen LogP contribution in [0.3, 0.4) is 0 Å². The van der Waals surface area contributed by atoms with Crippen LogP contribution in [0.1, 0.15) is 51.4 Å². The number of hydrogen-bond donors (Lipinski definition) is 0. The molecule has 6 heteroatoms. The van der Waals surface area contributed by atoms with Crippen molar-refractivity contribution in [3.63, 3.8) is 0 Å². The smallest absolute Gasteiger partial charge is 0.190 e. The highest BCUT2D eigenvalue weighted by atomic mass is 16.8. The quantitative estimate of drug-likeness (QED) is 0.680. The van der Waals surface area contributed by atoms with Gasteiger partial charge in [0, 0.05) is 18.2 Å². The van der Waals surface area contributed by atoms with Crippen molar-refractivity contribution in [3.8, 4) is 0 Å². The monoisotopic (exact) mass is 430 g/mol. The molecule has 0 N–H and O–H groups in total. The highest BCUT2D eigenvalue weighted by Gasteiger charge is 2.58. The van der Waals surface area contributed by atoms with Crippen LogP contribution in [0.4, 0.5) is 0 Å². The van der Waals surface area contributed by atoms with E-state index >= 15 is 0 Å². The summed E-state index contributed by atoms with van der Waals surface area (Å²) in [6, 6.07) is 19.7. The summed E-state index contributed by atoms with van der Waals surface area (Å²) in [5.41, 5.74) is 1.92. The van der Waals surface area contributed by atoms with Gasteiger partial charge in [0.05, 0.1) is 6.61 Å². The number of methoxy groups -OCH3 is 1. The lowest BCUT2D eigenvalue weighted by molar-refractivity contribution is -0.306. The zero-order valence-electron chi connectivity index (χ0n) is 19.0. The van der Waals surface area contributed by atoms with Crippen molar-refractivity contribution in [1.29, 1.82) is 0 Å². The summed E-state index contributed by atoms with van der Waals surface area (Å²) < 4.78 is 36.0. The highest BCUT2D eigenvalue weighted by molar-refractivity contribution is 5.19. The minimum atomic E-state index is -0.491. The standard InChI is InChI=1S/C21H22O6.2C2H6/c1-22-12-15-16-17(25-19(23-15)13-8-4-2-5-9-13)18-21(24-16)27-20(26-18)14-10-6-3-7-11-14;2*1-2/h2-11,15-21H,12H2,1H3;2*1-2H3. The molecule has 5 rings (SSSR count). The van der Waals surface area contributed by atoms with E-state index in [0.717, 1.165) is 11.1 Å². The summed E-state index contributed by atoms with van der Waals surface area (Å²) >= 11 is 0. The first-order valence-electron chi connectivity index (χ1n) is 11.2. The Morgan fingerprint density at radius 2 is 1.13 bits per heavy atom. The van der Waals surface area contributed by atoms with Crippen LogP contribution in [-0.2, 0) is 28.4 Å². The molecule has 170 valence electrons. The van der Waals surface area contributed by atoms with Gasteiger partial charge in [-0.05, 0) is 0 Å². The van der Waals surface area contributed by atoms with Gasteiger partial charge in [-0.25, -0.2) is 0 Å². The Labute approximate surface area is 185 Å². The minimum absolute atomic E-state index is 0.257. The predicted octanol–water partition coefficient (Wildman–Crippen LogP) is 5.01. The van der Waals surface area contributed by atoms with E-state index in [9.17, 15) is 0 Å². The molecule has 0 spiro atoms. The maximum Gasteiger partial charge on any atom is 0.190 e. The molecule has 0 radical (unpaired) electrons. The molecule has 0 aliphatic carbocycles. The average Bonchev–Trinajstić information content (AvgIpc) is 3.42. The molecule has 6 nitrogen and oxygen atoms in total. The Bertz CT molecular complexity index is 755. The fourth-order valence-corrected chi connectivity index (χ4v) is 3.90. The summed E-state index contributed by atoms with van der Waals surface area (Å²) in [5.74, 6) is 0. The van der Waals surface area contributed by atoms with Crippen LogP contribution < -0.4 is 0 Å². The third kappa shape index (κ3) is 5.17. The molecule has 31 heavy (non-hydrogen) atoms. The van der Waals surface area contributed by atoms with E-state index in [-0.39, 0.29) is 24.4 Å². The number of rotatable bonds is 4. The van der Waals surface area contributed by atoms with Gasteiger partial charge in [0.2, 0.25) is 0 Å². The second-order valence-electron chi connectivity index (χ2n) is 6.92. The van der Waals surface area contributed by atoms with Gasteiger partial charge in [-0.1, -0.05) is 88.4 Å². The van der Waals surface area contributed by atoms with Crippen molar-refractivity contribution in [3.05, 3.63) is 71.8 Å². The van der Waals surface area contributed by atoms with Crippen LogP contribution >= 0.6 is 0 Å². The molecular weight excluding hydrogens is 396 g/mol. The van der Waals surface area contributed by atoms with E-state index in [1.165, 1.54) is 0 Å². The lowest BCUT2D eigenvalue weighted by Gasteiger charge is -2.39. The molecule has 3 aliphatic heterocycles. The zero-order valence-corrected chi connectivity index (χ0v) is 19.0. The predicted molar refractivity (Wildman–Crippen MR) is 117 cm³/mol. The number of ether oxygens (including phenoxy) is 6. The molecular formula is C25H34O6. The van der Waals surface area contributed by atoms with E-state index < -0.39 is 18.9 Å². The lowest BCUT2D eigenvalue weighted by atomic mass is 10.0. The van der Waals surface area contributed by atoms with Gasteiger partial charge in [0.1, 0.15) is 24.4 Å². The molecule has 0 amide bonds. The Morgan fingerprint density at radius 3 is 1.68 bits per heavy atom. The SMILES string of the molecule is CC.CC.COCC1OC(c2ccccc2)OC2C1OC1OC(c3ccccc3)OC12. The van der Waals surface area contributed by atoms with Gasteiger partial charge in [-0.2, -0.15) is 0 Å². The minimum Gasteiger partial charge on any atom is -0.382 e. The third-order valence-corrected chi connectivity index (χ3v) is 5.17. The molecule has 3 heterocycles. The molecule has 3 aliphatic rings. The fourth-order valence-electron chi connectivity index (χ4n) is 3.90. The molecule has 7 unspecified atom stereocenters. The van der Waals surface area contributed by atoms with Crippen LogP contribution in [0.25, 0.3) is 0 Å². The fraction of sp³-hybridized carbons (Fsp3) is 0.520. The normalized spacial score (nSPS) is 33.3. The Kier molecular flexibility index (Phi) is 9.02. The van der Waals surface area contributed by atoms with Gasteiger partial charge < -0.3 is 28.4 Å². The van der Waals surface area contributed by atoms with Crippen molar-refractivity contribution >= 4 is 0 Å². The molecule has 3 fully saturated rings. The molecule has 2 aromatic rings. The van der Waals surface area contributed by atoms with Crippen molar-refractivity contribution < 1.29 is 28.4 Å². The molecule has 0 bridgehead atoms. The van der Waals surface area contributed by atoms with Gasteiger partial charge in [-0.3, -0.25) is 0 Å². The Balaban J connectivity index is 0.000000645. The molecule has 3 saturated heterocycles. The van der Waals surface area contributed by atoms with E-state index in [0.29, 0.717) is 6.61 Å². The van der Waals surface area contributed by atoms with Crippen LogP contribution in [-0.4, -0.2) is 44.4 Å².